The summed E-state index contributed by atoms with van der Waals surface area (Å²) in [5.41, 5.74) is 3.49. The smallest absolute Gasteiger partial charge is 0.338 e. The lowest BCUT2D eigenvalue weighted by Gasteiger charge is -2.07. The van der Waals surface area contributed by atoms with Gasteiger partial charge in [-0.05, 0) is 43.3 Å². The molecule has 30 heavy (non-hydrogen) atoms. The molecular weight excluding hydrogens is 380 g/mol. The first-order valence-electron chi connectivity index (χ1n) is 9.54. The van der Waals surface area contributed by atoms with Gasteiger partial charge < -0.3 is 14.5 Å². The van der Waals surface area contributed by atoms with Gasteiger partial charge in [0, 0.05) is 35.0 Å². The number of ether oxygens (including phenoxy) is 2. The van der Waals surface area contributed by atoms with Crippen LogP contribution < -0.4 is 4.74 Å². The van der Waals surface area contributed by atoms with E-state index in [0.717, 1.165) is 16.5 Å². The summed E-state index contributed by atoms with van der Waals surface area (Å²) in [5.74, 6) is 0.0320. The van der Waals surface area contributed by atoms with Crippen LogP contribution in [0.5, 0.6) is 5.75 Å². The number of rotatable bonds is 6. The van der Waals surface area contributed by atoms with Crippen LogP contribution in [0.2, 0.25) is 0 Å². The number of aromatic amines is 1. The van der Waals surface area contributed by atoms with Gasteiger partial charge in [0.25, 0.3) is 0 Å². The second kappa shape index (κ2) is 8.21. The fourth-order valence-electron chi connectivity index (χ4n) is 3.41. The molecule has 1 N–H and O–H groups in total. The monoisotopic (exact) mass is 400 g/mol. The average molecular weight is 400 g/mol. The molecule has 6 nitrogen and oxygen atoms in total. The summed E-state index contributed by atoms with van der Waals surface area (Å²) in [6.45, 7) is 2.01. The Labute approximate surface area is 173 Å². The Balaban J connectivity index is 1.88. The van der Waals surface area contributed by atoms with E-state index in [1.54, 1.807) is 50.7 Å². The Morgan fingerprint density at radius 2 is 1.87 bits per heavy atom. The molecule has 4 rings (SSSR count). The Hall–Kier alpha value is -3.93. The number of nitrogens with one attached hydrogen (secondary N) is 1. The van der Waals surface area contributed by atoms with E-state index >= 15 is 0 Å². The van der Waals surface area contributed by atoms with E-state index in [9.17, 15) is 9.59 Å². The maximum atomic E-state index is 13.6. The zero-order chi connectivity index (χ0) is 21.1. The molecule has 0 aliphatic heterocycles. The number of hydrogen-bond acceptors (Lipinski definition) is 5. The normalized spacial score (nSPS) is 10.7. The van der Waals surface area contributed by atoms with E-state index in [-0.39, 0.29) is 12.4 Å². The van der Waals surface area contributed by atoms with Crippen LogP contribution >= 0.6 is 0 Å². The molecule has 0 spiro atoms. The van der Waals surface area contributed by atoms with E-state index in [1.165, 1.54) is 0 Å². The summed E-state index contributed by atoms with van der Waals surface area (Å²) in [6, 6.07) is 15.8. The lowest BCUT2D eigenvalue weighted by atomic mass is 9.96. The number of esters is 1. The molecule has 2 heterocycles. The Morgan fingerprint density at radius 3 is 2.60 bits per heavy atom. The van der Waals surface area contributed by atoms with Gasteiger partial charge in [0.15, 0.2) is 5.78 Å². The summed E-state index contributed by atoms with van der Waals surface area (Å²) in [6.07, 6.45) is 3.38. The molecule has 4 aromatic rings. The Kier molecular flexibility index (Phi) is 5.30. The van der Waals surface area contributed by atoms with Crippen LogP contribution in [-0.2, 0) is 4.74 Å². The quantitative estimate of drug-likeness (QED) is 0.376. The number of pyridine rings is 1. The highest BCUT2D eigenvalue weighted by Gasteiger charge is 2.22. The molecular formula is C24H20N2O4. The van der Waals surface area contributed by atoms with Crippen molar-refractivity contribution >= 4 is 22.7 Å². The van der Waals surface area contributed by atoms with Crippen LogP contribution in [0.4, 0.5) is 0 Å². The molecule has 0 atom stereocenters. The molecule has 0 saturated heterocycles. The van der Waals surface area contributed by atoms with Crippen LogP contribution in [0.3, 0.4) is 0 Å². The van der Waals surface area contributed by atoms with Gasteiger partial charge in [-0.3, -0.25) is 9.78 Å². The molecule has 0 radical (unpaired) electrons. The molecule has 2 aromatic carbocycles. The van der Waals surface area contributed by atoms with Crippen molar-refractivity contribution in [3.63, 3.8) is 0 Å². The van der Waals surface area contributed by atoms with Gasteiger partial charge in [0.1, 0.15) is 5.75 Å². The van der Waals surface area contributed by atoms with E-state index in [2.05, 4.69) is 9.97 Å². The minimum Gasteiger partial charge on any atom is -0.497 e. The van der Waals surface area contributed by atoms with Gasteiger partial charge in [-0.15, -0.1) is 0 Å². The molecule has 0 bridgehead atoms. The van der Waals surface area contributed by atoms with Crippen LogP contribution in [0.25, 0.3) is 22.2 Å². The third-order valence-electron chi connectivity index (χ3n) is 4.82. The van der Waals surface area contributed by atoms with Gasteiger partial charge in [-0.1, -0.05) is 12.1 Å². The van der Waals surface area contributed by atoms with Crippen molar-refractivity contribution in [3.05, 3.63) is 83.7 Å². The van der Waals surface area contributed by atoms with Gasteiger partial charge in [-0.25, -0.2) is 4.79 Å². The second-order valence-electron chi connectivity index (χ2n) is 6.66. The standard InChI is InChI=1S/C24H20N2O4/c1-3-30-24(28)16-7-4-6-15(12-16)23(27)21-19-10-9-18(29-2)13-20(19)26-22(21)17-8-5-11-25-14-17/h4-14,26H,3H2,1-2H3. The first-order valence-corrected chi connectivity index (χ1v) is 9.54. The Morgan fingerprint density at radius 1 is 1.03 bits per heavy atom. The minimum atomic E-state index is -0.455. The van der Waals surface area contributed by atoms with Crippen molar-refractivity contribution in [3.8, 4) is 17.0 Å². The zero-order valence-electron chi connectivity index (χ0n) is 16.6. The zero-order valence-corrected chi connectivity index (χ0v) is 16.6. The maximum Gasteiger partial charge on any atom is 0.338 e. The van der Waals surface area contributed by atoms with Gasteiger partial charge in [0.2, 0.25) is 0 Å². The van der Waals surface area contributed by atoms with Gasteiger partial charge in [0.05, 0.1) is 36.1 Å². The largest absolute Gasteiger partial charge is 0.497 e. The van der Waals surface area contributed by atoms with E-state index in [4.69, 9.17) is 9.47 Å². The molecule has 0 aliphatic carbocycles. The molecule has 0 amide bonds. The molecule has 0 unspecified atom stereocenters. The van der Waals surface area contributed by atoms with Crippen LogP contribution in [-0.4, -0.2) is 35.4 Å². The number of carbonyl (C=O) groups excluding carboxylic acids is 2. The molecule has 2 aromatic heterocycles. The summed E-state index contributed by atoms with van der Waals surface area (Å²) < 4.78 is 10.4. The predicted molar refractivity (Wildman–Crippen MR) is 114 cm³/mol. The van der Waals surface area contributed by atoms with Crippen molar-refractivity contribution < 1.29 is 19.1 Å². The van der Waals surface area contributed by atoms with E-state index in [0.29, 0.717) is 28.1 Å². The topological polar surface area (TPSA) is 81.3 Å². The molecule has 150 valence electrons. The Bertz CT molecular complexity index is 1230. The van der Waals surface area contributed by atoms with Crippen molar-refractivity contribution in [1.82, 2.24) is 9.97 Å². The van der Waals surface area contributed by atoms with Crippen molar-refractivity contribution in [1.29, 1.82) is 0 Å². The van der Waals surface area contributed by atoms with Crippen molar-refractivity contribution in [2.45, 2.75) is 6.92 Å². The maximum absolute atomic E-state index is 13.6. The predicted octanol–water partition coefficient (Wildman–Crippen LogP) is 4.65. The van der Waals surface area contributed by atoms with Gasteiger partial charge in [-0.2, -0.15) is 0 Å². The molecule has 0 aliphatic rings. The van der Waals surface area contributed by atoms with Crippen molar-refractivity contribution in [2.24, 2.45) is 0 Å². The number of carbonyl (C=O) groups is 2. The van der Waals surface area contributed by atoms with Gasteiger partial charge >= 0.3 is 5.97 Å². The third-order valence-corrected chi connectivity index (χ3v) is 4.82. The molecule has 0 saturated carbocycles. The average Bonchev–Trinajstić information content (AvgIpc) is 3.18. The first kappa shape index (κ1) is 19.4. The fraction of sp³-hybridized carbons (Fsp3) is 0.125. The lowest BCUT2D eigenvalue weighted by molar-refractivity contribution is 0.0526. The fourth-order valence-corrected chi connectivity index (χ4v) is 3.41. The summed E-state index contributed by atoms with van der Waals surface area (Å²) in [7, 11) is 1.60. The minimum absolute atomic E-state index is 0.198. The second-order valence-corrected chi connectivity index (χ2v) is 6.66. The highest BCUT2D eigenvalue weighted by molar-refractivity contribution is 6.20. The molecule has 0 fully saturated rings. The SMILES string of the molecule is CCOC(=O)c1cccc(C(=O)c2c(-c3cccnc3)[nH]c3cc(OC)ccc23)c1. The number of H-pyrrole nitrogens is 1. The first-order chi connectivity index (χ1) is 14.6. The van der Waals surface area contributed by atoms with Crippen LogP contribution in [0.1, 0.15) is 33.2 Å². The number of aromatic nitrogens is 2. The highest BCUT2D eigenvalue weighted by atomic mass is 16.5. The highest BCUT2D eigenvalue weighted by Crippen LogP contribution is 2.33. The van der Waals surface area contributed by atoms with Crippen molar-refractivity contribution in [2.75, 3.05) is 13.7 Å². The summed E-state index contributed by atoms with van der Waals surface area (Å²) in [4.78, 5) is 33.2. The van der Waals surface area contributed by atoms with Crippen LogP contribution in [0, 0.1) is 0 Å². The summed E-state index contributed by atoms with van der Waals surface area (Å²) in [5, 5.41) is 0.765. The summed E-state index contributed by atoms with van der Waals surface area (Å²) >= 11 is 0. The number of benzene rings is 2. The number of hydrogen-bond donors (Lipinski definition) is 1. The number of methoxy groups -OCH3 is 1. The van der Waals surface area contributed by atoms with Crippen LogP contribution in [0.15, 0.2) is 67.0 Å². The van der Waals surface area contributed by atoms with E-state index < -0.39 is 5.97 Å². The third kappa shape index (κ3) is 3.55. The number of fused-ring (bicyclic) bond motifs is 1. The number of nitrogens with zero attached hydrogens (tertiary/aromatic N) is 1. The molecule has 6 heteroatoms. The lowest BCUT2D eigenvalue weighted by Crippen LogP contribution is -2.08. The van der Waals surface area contributed by atoms with E-state index in [1.807, 2.05) is 30.3 Å². The number of ketones is 1.